The van der Waals surface area contributed by atoms with Crippen LogP contribution in [0, 0.1) is 17.6 Å². The fraction of sp³-hybridized carbons (Fsp3) is 0.500. The Morgan fingerprint density at radius 2 is 1.72 bits per heavy atom. The van der Waals surface area contributed by atoms with Gasteiger partial charge in [-0.15, -0.1) is 0 Å². The molecular weight excluding hydrogens is 253 g/mol. The summed E-state index contributed by atoms with van der Waals surface area (Å²) < 4.78 is 64.8. The van der Waals surface area contributed by atoms with Gasteiger partial charge < -0.3 is 5.32 Å². The van der Waals surface area contributed by atoms with Gasteiger partial charge in [-0.1, -0.05) is 6.07 Å². The van der Waals surface area contributed by atoms with Gasteiger partial charge in [0.2, 0.25) is 0 Å². The summed E-state index contributed by atoms with van der Waals surface area (Å²) in [6, 6.07) is 2.37. The van der Waals surface area contributed by atoms with Gasteiger partial charge in [-0.25, -0.2) is 8.78 Å². The van der Waals surface area contributed by atoms with Crippen LogP contribution in [-0.2, 0) is 0 Å². The third-order valence-corrected chi connectivity index (χ3v) is 3.21. The summed E-state index contributed by atoms with van der Waals surface area (Å²) in [6.45, 7) is 0.0998. The van der Waals surface area contributed by atoms with Crippen molar-refractivity contribution in [2.24, 2.45) is 5.92 Å². The number of nitrogens with one attached hydrogen (secondary N) is 1. The summed E-state index contributed by atoms with van der Waals surface area (Å²) in [6.07, 6.45) is -4.71. The number of hydrogen-bond acceptors (Lipinski definition) is 1. The summed E-state index contributed by atoms with van der Waals surface area (Å²) in [7, 11) is 0. The molecule has 1 heterocycles. The third-order valence-electron chi connectivity index (χ3n) is 3.21. The lowest BCUT2D eigenvalue weighted by Gasteiger charge is -2.32. The van der Waals surface area contributed by atoms with Gasteiger partial charge in [0.05, 0.1) is 5.92 Å². The van der Waals surface area contributed by atoms with Crippen LogP contribution in [0.2, 0.25) is 0 Å². The zero-order valence-corrected chi connectivity index (χ0v) is 9.40. The highest BCUT2D eigenvalue weighted by Gasteiger charge is 2.43. The van der Waals surface area contributed by atoms with Crippen LogP contribution in [0.3, 0.4) is 0 Å². The summed E-state index contributed by atoms with van der Waals surface area (Å²) in [5.41, 5.74) is -0.300. The van der Waals surface area contributed by atoms with Crippen molar-refractivity contribution in [3.8, 4) is 0 Å². The van der Waals surface area contributed by atoms with Gasteiger partial charge in [-0.05, 0) is 31.5 Å². The topological polar surface area (TPSA) is 12.0 Å². The first-order chi connectivity index (χ1) is 8.39. The molecule has 0 spiro atoms. The van der Waals surface area contributed by atoms with Gasteiger partial charge in [0.1, 0.15) is 11.6 Å². The average molecular weight is 265 g/mol. The lowest BCUT2D eigenvalue weighted by molar-refractivity contribution is -0.183. The summed E-state index contributed by atoms with van der Waals surface area (Å²) in [5, 5.41) is 2.74. The first-order valence-electron chi connectivity index (χ1n) is 5.63. The Kier molecular flexibility index (Phi) is 3.56. The van der Waals surface area contributed by atoms with Crippen LogP contribution in [0.5, 0.6) is 0 Å². The van der Waals surface area contributed by atoms with E-state index in [2.05, 4.69) is 5.32 Å². The maximum Gasteiger partial charge on any atom is 0.391 e. The molecule has 2 atom stereocenters. The van der Waals surface area contributed by atoms with Crippen LogP contribution in [0.1, 0.15) is 24.4 Å². The maximum atomic E-state index is 13.5. The predicted octanol–water partition coefficient (Wildman–Crippen LogP) is 3.57. The Hall–Kier alpha value is -1.17. The minimum atomic E-state index is -4.32. The molecule has 0 amide bonds. The molecule has 1 aromatic rings. The molecule has 100 valence electrons. The molecule has 2 rings (SSSR count). The lowest BCUT2D eigenvalue weighted by atomic mass is 9.88. The molecule has 2 unspecified atom stereocenters. The Morgan fingerprint density at radius 1 is 1.11 bits per heavy atom. The number of benzene rings is 1. The van der Waals surface area contributed by atoms with Crippen LogP contribution in [-0.4, -0.2) is 12.7 Å². The lowest BCUT2D eigenvalue weighted by Crippen LogP contribution is -2.38. The Morgan fingerprint density at radius 3 is 2.28 bits per heavy atom. The molecule has 1 aliphatic heterocycles. The van der Waals surface area contributed by atoms with Gasteiger partial charge in [0.15, 0.2) is 0 Å². The number of alkyl halides is 3. The van der Waals surface area contributed by atoms with Gasteiger partial charge in [0.25, 0.3) is 0 Å². The van der Waals surface area contributed by atoms with Crippen LogP contribution >= 0.6 is 0 Å². The standard InChI is InChI=1S/C12H12F5N/c13-8-2-1-3-9(14)11(8)10-6-7(4-5-18-10)12(15,16)17/h1-3,7,10,18H,4-6H2. The first kappa shape index (κ1) is 13.3. The van der Waals surface area contributed by atoms with E-state index >= 15 is 0 Å². The smallest absolute Gasteiger partial charge is 0.310 e. The molecule has 1 aromatic carbocycles. The van der Waals surface area contributed by atoms with Gasteiger partial charge >= 0.3 is 6.18 Å². The second-order valence-electron chi connectivity index (χ2n) is 4.40. The quantitative estimate of drug-likeness (QED) is 0.765. The molecule has 0 aliphatic carbocycles. The van der Waals surface area contributed by atoms with Crippen LogP contribution in [0.25, 0.3) is 0 Å². The van der Waals surface area contributed by atoms with E-state index in [0.29, 0.717) is 0 Å². The van der Waals surface area contributed by atoms with Gasteiger partial charge in [-0.2, -0.15) is 13.2 Å². The fourth-order valence-corrected chi connectivity index (χ4v) is 2.28. The summed E-state index contributed by atoms with van der Waals surface area (Å²) >= 11 is 0. The minimum Gasteiger partial charge on any atom is -0.310 e. The number of piperidine rings is 1. The van der Waals surface area contributed by atoms with E-state index in [0.717, 1.165) is 12.1 Å². The molecule has 1 N–H and O–H groups in total. The molecule has 0 aromatic heterocycles. The largest absolute Gasteiger partial charge is 0.391 e. The van der Waals surface area contributed by atoms with E-state index < -0.39 is 29.8 Å². The van der Waals surface area contributed by atoms with Crippen molar-refractivity contribution in [1.29, 1.82) is 0 Å². The molecule has 1 saturated heterocycles. The van der Waals surface area contributed by atoms with Crippen molar-refractivity contribution in [3.05, 3.63) is 35.4 Å². The van der Waals surface area contributed by atoms with E-state index in [-0.39, 0.29) is 24.9 Å². The monoisotopic (exact) mass is 265 g/mol. The third kappa shape index (κ3) is 2.63. The molecule has 1 fully saturated rings. The zero-order chi connectivity index (χ0) is 13.3. The number of rotatable bonds is 1. The van der Waals surface area contributed by atoms with E-state index in [1.807, 2.05) is 0 Å². The highest BCUT2D eigenvalue weighted by molar-refractivity contribution is 5.24. The Labute approximate surface area is 101 Å². The molecular formula is C12H12F5N. The molecule has 6 heteroatoms. The molecule has 0 bridgehead atoms. The Bertz CT molecular complexity index is 409. The van der Waals surface area contributed by atoms with Gasteiger partial charge in [0, 0.05) is 11.6 Å². The Balaban J connectivity index is 2.24. The minimum absolute atomic E-state index is 0.0595. The van der Waals surface area contributed by atoms with Crippen LogP contribution in [0.15, 0.2) is 18.2 Å². The van der Waals surface area contributed by atoms with Crippen molar-refractivity contribution in [2.75, 3.05) is 6.54 Å². The average Bonchev–Trinajstić information content (AvgIpc) is 2.28. The summed E-state index contributed by atoms with van der Waals surface area (Å²) in [5.74, 6) is -3.13. The van der Waals surface area contributed by atoms with Crippen LogP contribution in [0.4, 0.5) is 22.0 Å². The summed E-state index contributed by atoms with van der Waals surface area (Å²) in [4.78, 5) is 0. The SMILES string of the molecule is Fc1cccc(F)c1C1CC(C(F)(F)F)CCN1. The van der Waals surface area contributed by atoms with Crippen LogP contribution < -0.4 is 5.32 Å². The second-order valence-corrected chi connectivity index (χ2v) is 4.40. The fourth-order valence-electron chi connectivity index (χ4n) is 2.28. The molecule has 1 nitrogen and oxygen atoms in total. The highest BCUT2D eigenvalue weighted by atomic mass is 19.4. The van der Waals surface area contributed by atoms with Crippen molar-refractivity contribution in [2.45, 2.75) is 25.1 Å². The van der Waals surface area contributed by atoms with E-state index in [4.69, 9.17) is 0 Å². The first-order valence-corrected chi connectivity index (χ1v) is 5.63. The number of halogens is 5. The highest BCUT2D eigenvalue weighted by Crippen LogP contribution is 2.39. The van der Waals surface area contributed by atoms with Gasteiger partial charge in [-0.3, -0.25) is 0 Å². The van der Waals surface area contributed by atoms with Crippen molar-refractivity contribution in [1.82, 2.24) is 5.32 Å². The normalized spacial score (nSPS) is 25.2. The number of hydrogen-bond donors (Lipinski definition) is 1. The maximum absolute atomic E-state index is 13.5. The van der Waals surface area contributed by atoms with E-state index in [1.165, 1.54) is 6.07 Å². The van der Waals surface area contributed by atoms with Crippen molar-refractivity contribution >= 4 is 0 Å². The second kappa shape index (κ2) is 4.84. The van der Waals surface area contributed by atoms with Crippen molar-refractivity contribution in [3.63, 3.8) is 0 Å². The molecule has 0 saturated carbocycles. The molecule has 1 aliphatic rings. The molecule has 18 heavy (non-hydrogen) atoms. The van der Waals surface area contributed by atoms with E-state index in [9.17, 15) is 22.0 Å². The van der Waals surface area contributed by atoms with E-state index in [1.54, 1.807) is 0 Å². The predicted molar refractivity (Wildman–Crippen MR) is 55.9 cm³/mol. The zero-order valence-electron chi connectivity index (χ0n) is 9.40. The molecule has 0 radical (unpaired) electrons. The van der Waals surface area contributed by atoms with Crippen molar-refractivity contribution < 1.29 is 22.0 Å².